The van der Waals surface area contributed by atoms with E-state index in [1.165, 1.54) is 70.6 Å². The molecule has 3 fully saturated rings. The van der Waals surface area contributed by atoms with Crippen LogP contribution in [0.3, 0.4) is 0 Å². The third-order valence-corrected chi connectivity index (χ3v) is 13.7. The summed E-state index contributed by atoms with van der Waals surface area (Å²) in [5.74, 6) is 6.21. The highest BCUT2D eigenvalue weighted by Crippen LogP contribution is 2.67. The molecular weight excluding hydrogens is 538 g/mol. The van der Waals surface area contributed by atoms with E-state index in [9.17, 15) is 9.59 Å². The second kappa shape index (κ2) is 15.0. The van der Waals surface area contributed by atoms with Gasteiger partial charge in [0, 0.05) is 24.1 Å². The van der Waals surface area contributed by atoms with Gasteiger partial charge in [-0.3, -0.25) is 9.59 Å². The van der Waals surface area contributed by atoms with Crippen molar-refractivity contribution in [2.45, 2.75) is 131 Å². The molecule has 4 aliphatic carbocycles. The number of amides is 1. The Balaban J connectivity index is 1.23. The number of nitrogens with one attached hydrogen (secondary N) is 1. The van der Waals surface area contributed by atoms with Crippen molar-refractivity contribution in [3.05, 3.63) is 11.6 Å². The Morgan fingerprint density at radius 2 is 1.79 bits per heavy atom. The Bertz CT molecular complexity index is 945. The summed E-state index contributed by atoms with van der Waals surface area (Å²) in [5, 5.41) is 3.56. The van der Waals surface area contributed by atoms with E-state index in [1.54, 1.807) is 5.57 Å². The van der Waals surface area contributed by atoms with Crippen LogP contribution in [0.2, 0.25) is 0 Å². The number of ketones is 1. The first kappa shape index (κ1) is 34.1. The van der Waals surface area contributed by atoms with Crippen molar-refractivity contribution in [1.29, 1.82) is 0 Å². The number of rotatable bonds is 15. The van der Waals surface area contributed by atoms with Gasteiger partial charge in [-0.05, 0) is 97.7 Å². The molecule has 0 aromatic carbocycles. The third kappa shape index (κ3) is 7.88. The minimum Gasteiger partial charge on any atom is -0.379 e. The van der Waals surface area contributed by atoms with Crippen molar-refractivity contribution < 1.29 is 14.3 Å². The van der Waals surface area contributed by atoms with Gasteiger partial charge >= 0.3 is 0 Å². The van der Waals surface area contributed by atoms with E-state index in [4.69, 9.17) is 4.74 Å². The maximum absolute atomic E-state index is 12.5. The van der Waals surface area contributed by atoms with E-state index in [1.807, 2.05) is 25.6 Å². The number of hydrogen-bond donors (Lipinski definition) is 1. The van der Waals surface area contributed by atoms with Crippen molar-refractivity contribution in [2.24, 2.45) is 52.3 Å². The standard InChI is InChI=1S/C37H63NO3S/c1-25(2)9-8-10-27(5)31-13-14-32-30-12-11-28-23-29(15-18-36(28,6)33(30)16-19-37(31,32)7)42-24-35(40)38-20-22-41-21-17-34(39)26(3)4/h11,25-27,29-33H,8-10,12-24H2,1-7H3,(H,38,40)/t27-,29?,30+,31-,32+,33+,36+,37-/m1/s1. The molecule has 0 heterocycles. The molecular formula is C37H63NO3S. The van der Waals surface area contributed by atoms with E-state index in [2.05, 4.69) is 46.0 Å². The number of carbonyl (C=O) groups excluding carboxylic acids is 2. The zero-order valence-electron chi connectivity index (χ0n) is 28.1. The maximum atomic E-state index is 12.5. The molecule has 42 heavy (non-hydrogen) atoms. The summed E-state index contributed by atoms with van der Waals surface area (Å²) in [5.41, 5.74) is 2.65. The molecule has 240 valence electrons. The number of fused-ring (bicyclic) bond motifs is 5. The minimum atomic E-state index is 0.0605. The van der Waals surface area contributed by atoms with Gasteiger partial charge in [-0.1, -0.05) is 79.4 Å². The minimum absolute atomic E-state index is 0.0605. The van der Waals surface area contributed by atoms with Gasteiger partial charge < -0.3 is 10.1 Å². The Kier molecular flexibility index (Phi) is 12.2. The van der Waals surface area contributed by atoms with Crippen LogP contribution in [0.4, 0.5) is 0 Å². The lowest BCUT2D eigenvalue weighted by molar-refractivity contribution is -0.123. The van der Waals surface area contributed by atoms with Crippen molar-refractivity contribution in [2.75, 3.05) is 25.5 Å². The summed E-state index contributed by atoms with van der Waals surface area (Å²) in [6, 6.07) is 0. The Morgan fingerprint density at radius 1 is 1.00 bits per heavy atom. The van der Waals surface area contributed by atoms with Crippen LogP contribution in [-0.4, -0.2) is 42.5 Å². The first-order chi connectivity index (χ1) is 20.0. The van der Waals surface area contributed by atoms with Crippen molar-refractivity contribution in [3.8, 4) is 0 Å². The van der Waals surface area contributed by atoms with E-state index >= 15 is 0 Å². The molecule has 0 spiro atoms. The van der Waals surface area contributed by atoms with Crippen molar-refractivity contribution >= 4 is 23.5 Å². The molecule has 1 amide bonds. The highest BCUT2D eigenvalue weighted by Gasteiger charge is 2.59. The van der Waals surface area contributed by atoms with Gasteiger partial charge in [0.15, 0.2) is 0 Å². The zero-order chi connectivity index (χ0) is 30.5. The Morgan fingerprint density at radius 3 is 2.52 bits per heavy atom. The largest absolute Gasteiger partial charge is 0.379 e. The molecule has 8 atom stereocenters. The number of ether oxygens (including phenoxy) is 1. The van der Waals surface area contributed by atoms with Crippen LogP contribution in [0.25, 0.3) is 0 Å². The third-order valence-electron chi connectivity index (χ3n) is 12.4. The van der Waals surface area contributed by atoms with Crippen LogP contribution in [0.15, 0.2) is 11.6 Å². The van der Waals surface area contributed by atoms with Crippen LogP contribution in [0.1, 0.15) is 126 Å². The van der Waals surface area contributed by atoms with Gasteiger partial charge in [0.05, 0.1) is 19.0 Å². The van der Waals surface area contributed by atoms with Gasteiger partial charge in [0.25, 0.3) is 0 Å². The number of hydrogen-bond acceptors (Lipinski definition) is 4. The van der Waals surface area contributed by atoms with Crippen molar-refractivity contribution in [1.82, 2.24) is 5.32 Å². The molecule has 1 N–H and O–H groups in total. The fraction of sp³-hybridized carbons (Fsp3) is 0.892. The second-order valence-corrected chi connectivity index (χ2v) is 17.1. The highest BCUT2D eigenvalue weighted by atomic mass is 32.2. The summed E-state index contributed by atoms with van der Waals surface area (Å²) in [4.78, 5) is 24.2. The van der Waals surface area contributed by atoms with E-state index in [-0.39, 0.29) is 17.6 Å². The molecule has 0 saturated heterocycles. The van der Waals surface area contributed by atoms with E-state index in [0.29, 0.717) is 48.0 Å². The summed E-state index contributed by atoms with van der Waals surface area (Å²) in [6.07, 6.45) is 18.1. The smallest absolute Gasteiger partial charge is 0.230 e. The average Bonchev–Trinajstić information content (AvgIpc) is 3.30. The number of carbonyl (C=O) groups is 2. The predicted molar refractivity (Wildman–Crippen MR) is 178 cm³/mol. The van der Waals surface area contributed by atoms with Crippen LogP contribution in [-0.2, 0) is 14.3 Å². The number of allylic oxidation sites excluding steroid dienone is 2. The first-order valence-corrected chi connectivity index (χ1v) is 18.7. The number of thioether (sulfide) groups is 1. The fourth-order valence-corrected chi connectivity index (χ4v) is 10.9. The molecule has 0 aromatic rings. The molecule has 3 saturated carbocycles. The monoisotopic (exact) mass is 601 g/mol. The van der Waals surface area contributed by atoms with Gasteiger partial charge in [0.1, 0.15) is 5.78 Å². The summed E-state index contributed by atoms with van der Waals surface area (Å²) in [7, 11) is 0. The second-order valence-electron chi connectivity index (χ2n) is 15.8. The summed E-state index contributed by atoms with van der Waals surface area (Å²) in [6.45, 7) is 17.9. The molecule has 5 heteroatoms. The topological polar surface area (TPSA) is 55.4 Å². The van der Waals surface area contributed by atoms with Gasteiger partial charge in [-0.25, -0.2) is 0 Å². The van der Waals surface area contributed by atoms with E-state index in [0.717, 1.165) is 35.5 Å². The SMILES string of the molecule is CC(C)CCC[C@@H](C)[C@H]1CC[C@H]2[C@@H]3CC=C4CC(SCC(=O)NCCOCCC(=O)C(C)C)CC[C@]4(C)[C@H]3CC[C@]12C. The van der Waals surface area contributed by atoms with Gasteiger partial charge in [-0.15, -0.1) is 11.8 Å². The molecule has 0 radical (unpaired) electrons. The molecule has 4 aliphatic rings. The lowest BCUT2D eigenvalue weighted by Gasteiger charge is -2.58. The first-order valence-electron chi connectivity index (χ1n) is 17.6. The summed E-state index contributed by atoms with van der Waals surface area (Å²) < 4.78 is 5.54. The lowest BCUT2D eigenvalue weighted by Crippen LogP contribution is -2.50. The summed E-state index contributed by atoms with van der Waals surface area (Å²) >= 11 is 1.85. The molecule has 4 rings (SSSR count). The highest BCUT2D eigenvalue weighted by molar-refractivity contribution is 8.00. The zero-order valence-corrected chi connectivity index (χ0v) is 29.0. The normalized spacial score (nSPS) is 34.9. The molecule has 0 aliphatic heterocycles. The van der Waals surface area contributed by atoms with Crippen LogP contribution < -0.4 is 5.32 Å². The maximum Gasteiger partial charge on any atom is 0.230 e. The van der Waals surface area contributed by atoms with Crippen LogP contribution >= 0.6 is 11.8 Å². The molecule has 4 nitrogen and oxygen atoms in total. The number of Topliss-reactive ketones (excluding diaryl/α,β-unsaturated/α-hetero) is 1. The quantitative estimate of drug-likeness (QED) is 0.150. The Hall–Kier alpha value is -0.810. The van der Waals surface area contributed by atoms with Crippen molar-refractivity contribution in [3.63, 3.8) is 0 Å². The molecule has 1 unspecified atom stereocenters. The van der Waals surface area contributed by atoms with Crippen LogP contribution in [0.5, 0.6) is 0 Å². The van der Waals surface area contributed by atoms with Gasteiger partial charge in [-0.2, -0.15) is 0 Å². The van der Waals surface area contributed by atoms with Crippen LogP contribution in [0, 0.1) is 52.3 Å². The Labute approximate surface area is 262 Å². The fourth-order valence-electron chi connectivity index (χ4n) is 9.86. The molecule has 0 bridgehead atoms. The molecule has 0 aromatic heterocycles. The van der Waals surface area contributed by atoms with E-state index < -0.39 is 0 Å². The predicted octanol–water partition coefficient (Wildman–Crippen LogP) is 8.88. The average molecular weight is 602 g/mol. The lowest BCUT2D eigenvalue weighted by atomic mass is 9.47. The van der Waals surface area contributed by atoms with Gasteiger partial charge in [0.2, 0.25) is 5.91 Å².